The SMILES string of the molecule is CCCCNC(=O)C(Cl)(C(F)(F)F)C(F)(F)F. The lowest BCUT2D eigenvalue weighted by atomic mass is 10.1. The van der Waals surface area contributed by atoms with Crippen LogP contribution in [0.4, 0.5) is 26.3 Å². The van der Waals surface area contributed by atoms with E-state index in [1.54, 1.807) is 6.92 Å². The first-order valence-corrected chi connectivity index (χ1v) is 4.97. The Morgan fingerprint density at radius 2 is 1.53 bits per heavy atom. The van der Waals surface area contributed by atoms with Crippen LogP contribution in [0, 0.1) is 0 Å². The second kappa shape index (κ2) is 5.32. The van der Waals surface area contributed by atoms with Crippen LogP contribution in [0.1, 0.15) is 19.8 Å². The first kappa shape index (κ1) is 16.3. The molecule has 9 heteroatoms. The van der Waals surface area contributed by atoms with Crippen LogP contribution in [0.25, 0.3) is 0 Å². The van der Waals surface area contributed by atoms with Gasteiger partial charge in [0.2, 0.25) is 0 Å². The Labute approximate surface area is 98.3 Å². The van der Waals surface area contributed by atoms with Gasteiger partial charge in [-0.1, -0.05) is 24.9 Å². The van der Waals surface area contributed by atoms with Crippen LogP contribution in [-0.4, -0.2) is 29.7 Å². The highest BCUT2D eigenvalue weighted by Gasteiger charge is 2.75. The number of hydrogen-bond acceptors (Lipinski definition) is 1. The number of carbonyl (C=O) groups is 1. The first-order valence-electron chi connectivity index (χ1n) is 4.59. The van der Waals surface area contributed by atoms with Gasteiger partial charge in [-0.05, 0) is 6.42 Å². The summed E-state index contributed by atoms with van der Waals surface area (Å²) < 4.78 is 73.5. The molecule has 2 nitrogen and oxygen atoms in total. The van der Waals surface area contributed by atoms with Gasteiger partial charge in [0.15, 0.2) is 0 Å². The zero-order valence-corrected chi connectivity index (χ0v) is 9.43. The number of halogens is 7. The molecule has 0 bridgehead atoms. The lowest BCUT2D eigenvalue weighted by Gasteiger charge is -2.30. The van der Waals surface area contributed by atoms with Gasteiger partial charge in [0.25, 0.3) is 5.91 Å². The molecule has 0 aliphatic rings. The predicted octanol–water partition coefficient (Wildman–Crippen LogP) is 3.00. The standard InChI is InChI=1S/C8H10ClF6NO/c1-2-3-4-16-5(17)6(9,7(10,11)12)8(13,14)15/h2-4H2,1H3,(H,16,17). The number of carbonyl (C=O) groups excluding carboxylic acids is 1. The third kappa shape index (κ3) is 3.40. The Morgan fingerprint density at radius 1 is 1.12 bits per heavy atom. The second-order valence-electron chi connectivity index (χ2n) is 3.26. The molecule has 0 aromatic heterocycles. The Kier molecular flexibility index (Phi) is 5.12. The maximum atomic E-state index is 12.2. The van der Waals surface area contributed by atoms with E-state index in [2.05, 4.69) is 11.6 Å². The third-order valence-electron chi connectivity index (χ3n) is 1.91. The van der Waals surface area contributed by atoms with Crippen LogP contribution in [0.15, 0.2) is 0 Å². The fourth-order valence-electron chi connectivity index (χ4n) is 0.919. The van der Waals surface area contributed by atoms with E-state index < -0.39 is 23.1 Å². The monoisotopic (exact) mass is 285 g/mol. The molecule has 0 heterocycles. The summed E-state index contributed by atoms with van der Waals surface area (Å²) in [6, 6.07) is 0. The van der Waals surface area contributed by atoms with E-state index in [0.717, 1.165) is 0 Å². The van der Waals surface area contributed by atoms with Crippen LogP contribution in [0.2, 0.25) is 0 Å². The highest BCUT2D eigenvalue weighted by molar-refractivity contribution is 6.36. The number of alkyl halides is 7. The minimum absolute atomic E-state index is 0.258. The molecule has 0 saturated heterocycles. The van der Waals surface area contributed by atoms with E-state index in [1.165, 1.54) is 5.32 Å². The predicted molar refractivity (Wildman–Crippen MR) is 48.6 cm³/mol. The van der Waals surface area contributed by atoms with Crippen molar-refractivity contribution in [3.05, 3.63) is 0 Å². The summed E-state index contributed by atoms with van der Waals surface area (Å²) >= 11 is 4.46. The van der Waals surface area contributed by atoms with Crippen molar-refractivity contribution in [3.63, 3.8) is 0 Å². The van der Waals surface area contributed by atoms with Crippen molar-refractivity contribution < 1.29 is 31.1 Å². The molecule has 0 saturated carbocycles. The molecule has 0 aliphatic carbocycles. The van der Waals surface area contributed by atoms with Gasteiger partial charge in [0.05, 0.1) is 0 Å². The second-order valence-corrected chi connectivity index (χ2v) is 3.83. The minimum Gasteiger partial charge on any atom is -0.354 e. The maximum Gasteiger partial charge on any atom is 0.425 e. The summed E-state index contributed by atoms with van der Waals surface area (Å²) in [5.41, 5.74) is 0. The molecule has 0 aromatic carbocycles. The molecular formula is C8H10ClF6NO. The largest absolute Gasteiger partial charge is 0.425 e. The topological polar surface area (TPSA) is 29.1 Å². The van der Waals surface area contributed by atoms with Crippen LogP contribution >= 0.6 is 11.6 Å². The summed E-state index contributed by atoms with van der Waals surface area (Å²) in [5.74, 6) is -2.30. The van der Waals surface area contributed by atoms with Gasteiger partial charge in [-0.3, -0.25) is 4.79 Å². The number of unbranched alkanes of at least 4 members (excludes halogenated alkanes) is 1. The molecule has 0 atom stereocenters. The lowest BCUT2D eigenvalue weighted by Crippen LogP contribution is -2.61. The maximum absolute atomic E-state index is 12.2. The van der Waals surface area contributed by atoms with Gasteiger partial charge in [-0.15, -0.1) is 0 Å². The van der Waals surface area contributed by atoms with E-state index in [0.29, 0.717) is 6.42 Å². The molecule has 1 amide bonds. The normalized spacial score (nSPS) is 13.6. The molecule has 1 N–H and O–H groups in total. The zero-order chi connectivity index (χ0) is 13.9. The Hall–Kier alpha value is -0.660. The summed E-state index contributed by atoms with van der Waals surface area (Å²) in [7, 11) is 0. The number of hydrogen-bond donors (Lipinski definition) is 1. The van der Waals surface area contributed by atoms with E-state index in [1.807, 2.05) is 0 Å². The van der Waals surface area contributed by atoms with E-state index in [-0.39, 0.29) is 13.0 Å². The molecule has 0 spiro atoms. The molecule has 0 rings (SSSR count). The average Bonchev–Trinajstić information content (AvgIpc) is 2.13. The van der Waals surface area contributed by atoms with Crippen molar-refractivity contribution in [3.8, 4) is 0 Å². The molecule has 0 unspecified atom stereocenters. The Morgan fingerprint density at radius 3 is 1.82 bits per heavy atom. The first-order chi connectivity index (χ1) is 7.48. The van der Waals surface area contributed by atoms with Crippen LogP contribution in [0.5, 0.6) is 0 Å². The van der Waals surface area contributed by atoms with Crippen LogP contribution in [-0.2, 0) is 4.79 Å². The third-order valence-corrected chi connectivity index (χ3v) is 2.51. The molecule has 0 fully saturated rings. The zero-order valence-electron chi connectivity index (χ0n) is 8.68. The van der Waals surface area contributed by atoms with Gasteiger partial charge < -0.3 is 5.32 Å². The van der Waals surface area contributed by atoms with Crippen LogP contribution in [0.3, 0.4) is 0 Å². The van der Waals surface area contributed by atoms with Crippen molar-refractivity contribution in [2.75, 3.05) is 6.54 Å². The van der Waals surface area contributed by atoms with Gasteiger partial charge in [0.1, 0.15) is 0 Å². The number of nitrogens with one attached hydrogen (secondary N) is 1. The lowest BCUT2D eigenvalue weighted by molar-refractivity contribution is -0.260. The highest BCUT2D eigenvalue weighted by atomic mass is 35.5. The Balaban J connectivity index is 5.03. The van der Waals surface area contributed by atoms with Gasteiger partial charge >= 0.3 is 17.2 Å². The summed E-state index contributed by atoms with van der Waals surface area (Å²) in [4.78, 5) is 6.05. The van der Waals surface area contributed by atoms with Gasteiger partial charge in [-0.2, -0.15) is 26.3 Å². The number of amides is 1. The number of rotatable bonds is 4. The van der Waals surface area contributed by atoms with Crippen LogP contribution < -0.4 is 5.32 Å². The fourth-order valence-corrected chi connectivity index (χ4v) is 0.985. The molecule has 17 heavy (non-hydrogen) atoms. The minimum atomic E-state index is -5.91. The molecule has 0 aliphatic heterocycles. The van der Waals surface area contributed by atoms with Crippen molar-refractivity contribution in [1.29, 1.82) is 0 Å². The molecular weight excluding hydrogens is 276 g/mol. The summed E-state index contributed by atoms with van der Waals surface area (Å²) in [6.45, 7) is 1.36. The van der Waals surface area contributed by atoms with E-state index in [9.17, 15) is 31.1 Å². The summed E-state index contributed by atoms with van der Waals surface area (Å²) in [5, 5.41) is 1.53. The molecule has 0 aromatic rings. The van der Waals surface area contributed by atoms with E-state index >= 15 is 0 Å². The molecule has 102 valence electrons. The highest BCUT2D eigenvalue weighted by Crippen LogP contribution is 2.48. The molecule has 0 radical (unpaired) electrons. The fraction of sp³-hybridized carbons (Fsp3) is 0.875. The smallest absolute Gasteiger partial charge is 0.354 e. The Bertz CT molecular complexity index is 260. The van der Waals surface area contributed by atoms with Crippen molar-refractivity contribution in [1.82, 2.24) is 5.32 Å². The van der Waals surface area contributed by atoms with Gasteiger partial charge in [-0.25, -0.2) is 0 Å². The average molecular weight is 286 g/mol. The summed E-state index contributed by atoms with van der Waals surface area (Å²) in [6.07, 6.45) is -11.1. The van der Waals surface area contributed by atoms with Gasteiger partial charge in [0, 0.05) is 6.54 Å². The van der Waals surface area contributed by atoms with E-state index in [4.69, 9.17) is 0 Å². The van der Waals surface area contributed by atoms with Crippen molar-refractivity contribution in [2.24, 2.45) is 0 Å². The quantitative estimate of drug-likeness (QED) is 0.480. The van der Waals surface area contributed by atoms with Crippen molar-refractivity contribution >= 4 is 17.5 Å². The van der Waals surface area contributed by atoms with Crippen molar-refractivity contribution in [2.45, 2.75) is 37.0 Å².